The summed E-state index contributed by atoms with van der Waals surface area (Å²) in [6.45, 7) is 1.93. The summed E-state index contributed by atoms with van der Waals surface area (Å²) < 4.78 is 41.3. The molecule has 156 valence electrons. The SMILES string of the molecule is Cc1ccc(-n2c(C=Cc3cccc(C(F)(F)F)c3)nc3ccccc3c2=O)c(Br)c1. The molecule has 0 aliphatic heterocycles. The fourth-order valence-electron chi connectivity index (χ4n) is 3.28. The van der Waals surface area contributed by atoms with Crippen LogP contribution in [0.15, 0.2) is 76.0 Å². The number of halogens is 4. The lowest BCUT2D eigenvalue weighted by Crippen LogP contribution is -2.22. The maximum absolute atomic E-state index is 13.3. The molecule has 0 radical (unpaired) electrons. The predicted octanol–water partition coefficient (Wildman–Crippen LogP) is 6.65. The standard InChI is InChI=1S/C24H16BrF3N2O/c1-15-9-11-21(19(25)13-15)30-22(29-20-8-3-2-7-18(20)23(30)31)12-10-16-5-4-6-17(14-16)24(26,27)28/h2-14H,1H3. The smallest absolute Gasteiger partial charge is 0.268 e. The first kappa shape index (κ1) is 21.1. The number of fused-ring (bicyclic) bond motifs is 1. The molecule has 3 aromatic carbocycles. The molecular weight excluding hydrogens is 469 g/mol. The number of benzene rings is 3. The normalized spacial score (nSPS) is 12.0. The van der Waals surface area contributed by atoms with Crippen LogP contribution in [0.3, 0.4) is 0 Å². The van der Waals surface area contributed by atoms with E-state index in [4.69, 9.17) is 0 Å². The summed E-state index contributed by atoms with van der Waals surface area (Å²) in [5, 5.41) is 0.450. The molecule has 31 heavy (non-hydrogen) atoms. The van der Waals surface area contributed by atoms with Gasteiger partial charge < -0.3 is 0 Å². The quantitative estimate of drug-likeness (QED) is 0.326. The molecule has 0 saturated carbocycles. The van der Waals surface area contributed by atoms with Crippen LogP contribution in [-0.4, -0.2) is 9.55 Å². The molecule has 7 heteroatoms. The Balaban J connectivity index is 1.91. The molecule has 4 rings (SSSR count). The molecule has 0 saturated heterocycles. The molecule has 0 unspecified atom stereocenters. The van der Waals surface area contributed by atoms with Crippen molar-refractivity contribution in [3.8, 4) is 5.69 Å². The van der Waals surface area contributed by atoms with Crippen LogP contribution in [0.5, 0.6) is 0 Å². The maximum Gasteiger partial charge on any atom is 0.416 e. The average Bonchev–Trinajstić information content (AvgIpc) is 2.73. The molecule has 0 bridgehead atoms. The summed E-state index contributed by atoms with van der Waals surface area (Å²) in [7, 11) is 0. The first-order valence-electron chi connectivity index (χ1n) is 9.38. The number of aryl methyl sites for hydroxylation is 1. The lowest BCUT2D eigenvalue weighted by atomic mass is 10.1. The number of hydrogen-bond donors (Lipinski definition) is 0. The summed E-state index contributed by atoms with van der Waals surface area (Å²) in [6, 6.07) is 17.5. The Hall–Kier alpha value is -3.19. The average molecular weight is 485 g/mol. The summed E-state index contributed by atoms with van der Waals surface area (Å²) in [5.74, 6) is 0.311. The van der Waals surface area contributed by atoms with Gasteiger partial charge in [-0.1, -0.05) is 36.4 Å². The van der Waals surface area contributed by atoms with E-state index in [1.807, 2.05) is 19.1 Å². The minimum atomic E-state index is -4.43. The van der Waals surface area contributed by atoms with Crippen molar-refractivity contribution in [2.24, 2.45) is 0 Å². The van der Waals surface area contributed by atoms with Gasteiger partial charge in [0.1, 0.15) is 5.82 Å². The van der Waals surface area contributed by atoms with E-state index in [2.05, 4.69) is 20.9 Å². The third-order valence-corrected chi connectivity index (χ3v) is 5.42. The van der Waals surface area contributed by atoms with Gasteiger partial charge in [-0.05, 0) is 76.5 Å². The second-order valence-electron chi connectivity index (χ2n) is 7.04. The van der Waals surface area contributed by atoms with Crippen molar-refractivity contribution in [3.63, 3.8) is 0 Å². The topological polar surface area (TPSA) is 34.9 Å². The van der Waals surface area contributed by atoms with Crippen molar-refractivity contribution in [2.45, 2.75) is 13.1 Å². The number of para-hydroxylation sites is 1. The Kier molecular flexibility index (Phi) is 5.54. The monoisotopic (exact) mass is 484 g/mol. The third kappa shape index (κ3) is 4.32. The maximum atomic E-state index is 13.3. The second-order valence-corrected chi connectivity index (χ2v) is 7.89. The van der Waals surface area contributed by atoms with Crippen LogP contribution in [0.25, 0.3) is 28.7 Å². The van der Waals surface area contributed by atoms with Gasteiger partial charge in [0.05, 0.1) is 22.2 Å². The molecule has 0 N–H and O–H groups in total. The van der Waals surface area contributed by atoms with Crippen molar-refractivity contribution in [1.29, 1.82) is 0 Å². The zero-order valence-electron chi connectivity index (χ0n) is 16.3. The second kappa shape index (κ2) is 8.15. The van der Waals surface area contributed by atoms with E-state index in [9.17, 15) is 18.0 Å². The lowest BCUT2D eigenvalue weighted by Gasteiger charge is -2.13. The number of rotatable bonds is 3. The molecular formula is C24H16BrF3N2O. The number of nitrogens with zero attached hydrogens (tertiary/aromatic N) is 2. The van der Waals surface area contributed by atoms with Crippen molar-refractivity contribution in [3.05, 3.63) is 104 Å². The number of alkyl halides is 3. The summed E-state index contributed by atoms with van der Waals surface area (Å²) >= 11 is 3.51. The molecule has 0 aliphatic carbocycles. The zero-order chi connectivity index (χ0) is 22.2. The Bertz CT molecular complexity index is 1370. The van der Waals surface area contributed by atoms with Crippen LogP contribution in [0.4, 0.5) is 13.2 Å². The van der Waals surface area contributed by atoms with Crippen LogP contribution in [0, 0.1) is 6.92 Å². The van der Waals surface area contributed by atoms with Gasteiger partial charge in [0.15, 0.2) is 0 Å². The van der Waals surface area contributed by atoms with Gasteiger partial charge in [-0.3, -0.25) is 9.36 Å². The lowest BCUT2D eigenvalue weighted by molar-refractivity contribution is -0.137. The first-order chi connectivity index (χ1) is 14.7. The van der Waals surface area contributed by atoms with Crippen LogP contribution >= 0.6 is 15.9 Å². The highest BCUT2D eigenvalue weighted by atomic mass is 79.9. The Morgan fingerprint density at radius 2 is 1.74 bits per heavy atom. The van der Waals surface area contributed by atoms with E-state index in [0.717, 1.165) is 17.7 Å². The molecule has 3 nitrogen and oxygen atoms in total. The van der Waals surface area contributed by atoms with Gasteiger partial charge in [-0.15, -0.1) is 0 Å². The highest BCUT2D eigenvalue weighted by molar-refractivity contribution is 9.10. The minimum absolute atomic E-state index is 0.265. The highest BCUT2D eigenvalue weighted by Crippen LogP contribution is 2.30. The van der Waals surface area contributed by atoms with Crippen LogP contribution in [0.2, 0.25) is 0 Å². The minimum Gasteiger partial charge on any atom is -0.268 e. The van der Waals surface area contributed by atoms with Crippen molar-refractivity contribution < 1.29 is 13.2 Å². The molecule has 0 aliphatic rings. The van der Waals surface area contributed by atoms with Gasteiger partial charge >= 0.3 is 6.18 Å². The van der Waals surface area contributed by atoms with Crippen molar-refractivity contribution in [1.82, 2.24) is 9.55 Å². The predicted molar refractivity (Wildman–Crippen MR) is 120 cm³/mol. The largest absolute Gasteiger partial charge is 0.416 e. The first-order valence-corrected chi connectivity index (χ1v) is 10.2. The van der Waals surface area contributed by atoms with E-state index < -0.39 is 11.7 Å². The molecule has 0 atom stereocenters. The molecule has 0 fully saturated rings. The molecule has 1 aromatic heterocycles. The van der Waals surface area contributed by atoms with E-state index in [0.29, 0.717) is 32.5 Å². The van der Waals surface area contributed by atoms with Gasteiger partial charge in [-0.25, -0.2) is 4.98 Å². The van der Waals surface area contributed by atoms with Crippen LogP contribution in [-0.2, 0) is 6.18 Å². The van der Waals surface area contributed by atoms with Gasteiger partial charge in [-0.2, -0.15) is 13.2 Å². The van der Waals surface area contributed by atoms with Crippen LogP contribution < -0.4 is 5.56 Å². The third-order valence-electron chi connectivity index (χ3n) is 4.78. The van der Waals surface area contributed by atoms with E-state index in [1.165, 1.54) is 16.7 Å². The number of hydrogen-bond acceptors (Lipinski definition) is 2. The molecule has 0 spiro atoms. The Morgan fingerprint density at radius 1 is 0.968 bits per heavy atom. The van der Waals surface area contributed by atoms with E-state index >= 15 is 0 Å². The van der Waals surface area contributed by atoms with Crippen LogP contribution in [0.1, 0.15) is 22.5 Å². The summed E-state index contributed by atoms with van der Waals surface area (Å²) in [6.07, 6.45) is -1.36. The van der Waals surface area contributed by atoms with E-state index in [1.54, 1.807) is 42.5 Å². The Morgan fingerprint density at radius 3 is 2.48 bits per heavy atom. The fraction of sp³-hybridized carbons (Fsp3) is 0.0833. The van der Waals surface area contributed by atoms with Crippen molar-refractivity contribution >= 4 is 39.0 Å². The fourth-order valence-corrected chi connectivity index (χ4v) is 3.95. The van der Waals surface area contributed by atoms with Gasteiger partial charge in [0, 0.05) is 4.47 Å². The van der Waals surface area contributed by atoms with Gasteiger partial charge in [0.2, 0.25) is 0 Å². The molecule has 0 amide bonds. The molecule has 1 heterocycles. The van der Waals surface area contributed by atoms with E-state index in [-0.39, 0.29) is 5.56 Å². The highest BCUT2D eigenvalue weighted by Gasteiger charge is 2.30. The summed E-state index contributed by atoms with van der Waals surface area (Å²) in [5.41, 5.74) is 1.47. The van der Waals surface area contributed by atoms with Crippen molar-refractivity contribution in [2.75, 3.05) is 0 Å². The number of aromatic nitrogens is 2. The molecule has 4 aromatic rings. The van der Waals surface area contributed by atoms with Gasteiger partial charge in [0.25, 0.3) is 5.56 Å². The summed E-state index contributed by atoms with van der Waals surface area (Å²) in [4.78, 5) is 17.9. The zero-order valence-corrected chi connectivity index (χ0v) is 17.9. The Labute approximate surface area is 184 Å².